The Morgan fingerprint density at radius 1 is 1.14 bits per heavy atom. The quantitative estimate of drug-likeness (QED) is 0.775. The van der Waals surface area contributed by atoms with E-state index in [0.29, 0.717) is 0 Å². The molecule has 2 heterocycles. The first-order valence-electron chi connectivity index (χ1n) is 4.31. The van der Waals surface area contributed by atoms with Crippen molar-refractivity contribution in [2.24, 2.45) is 0 Å². The third-order valence-corrected chi connectivity index (χ3v) is 2.45. The molecular formula is C11H9BrN2. The van der Waals surface area contributed by atoms with E-state index in [2.05, 4.69) is 25.9 Å². The van der Waals surface area contributed by atoms with Crippen LogP contribution in [0.4, 0.5) is 0 Å². The Morgan fingerprint density at radius 2 is 2.00 bits per heavy atom. The topological polar surface area (TPSA) is 25.8 Å². The summed E-state index contributed by atoms with van der Waals surface area (Å²) in [6, 6.07) is 7.89. The molecular weight excluding hydrogens is 240 g/mol. The lowest BCUT2D eigenvalue weighted by Gasteiger charge is -2.02. The molecule has 2 aromatic rings. The van der Waals surface area contributed by atoms with Gasteiger partial charge in [-0.3, -0.25) is 9.97 Å². The predicted octanol–water partition coefficient (Wildman–Crippen LogP) is 3.21. The lowest BCUT2D eigenvalue weighted by atomic mass is 10.1. The molecule has 0 aliphatic heterocycles. The number of hydrogen-bond donors (Lipinski definition) is 0. The van der Waals surface area contributed by atoms with Gasteiger partial charge in [-0.15, -0.1) is 0 Å². The summed E-state index contributed by atoms with van der Waals surface area (Å²) in [5, 5.41) is 0. The van der Waals surface area contributed by atoms with Gasteiger partial charge in [0, 0.05) is 16.9 Å². The van der Waals surface area contributed by atoms with Gasteiger partial charge in [-0.2, -0.15) is 0 Å². The average molecular weight is 249 g/mol. The molecule has 2 aromatic heterocycles. The number of aromatic nitrogens is 2. The van der Waals surface area contributed by atoms with Gasteiger partial charge in [-0.05, 0) is 46.6 Å². The third-order valence-electron chi connectivity index (χ3n) is 1.98. The lowest BCUT2D eigenvalue weighted by molar-refractivity contribution is 1.21. The van der Waals surface area contributed by atoms with Crippen molar-refractivity contribution in [3.05, 3.63) is 46.7 Å². The fourth-order valence-corrected chi connectivity index (χ4v) is 1.50. The number of pyridine rings is 2. The standard InChI is InChI=1S/C11H9BrN2/c1-8-3-2-6-13-11(8)10-5-4-9(12)7-14-10/h2-7H,1H3. The van der Waals surface area contributed by atoms with Crippen molar-refractivity contribution in [2.45, 2.75) is 6.92 Å². The molecule has 0 atom stereocenters. The molecule has 0 aromatic carbocycles. The van der Waals surface area contributed by atoms with E-state index in [0.717, 1.165) is 21.4 Å². The SMILES string of the molecule is Cc1cccnc1-c1ccc(Br)cn1. The average Bonchev–Trinajstić information content (AvgIpc) is 2.20. The van der Waals surface area contributed by atoms with E-state index in [-0.39, 0.29) is 0 Å². The molecule has 0 bridgehead atoms. The van der Waals surface area contributed by atoms with E-state index < -0.39 is 0 Å². The molecule has 0 amide bonds. The Labute approximate surface area is 91.2 Å². The van der Waals surface area contributed by atoms with Crippen LogP contribution in [0.2, 0.25) is 0 Å². The third kappa shape index (κ3) is 1.82. The fraction of sp³-hybridized carbons (Fsp3) is 0.0909. The molecule has 70 valence electrons. The first-order valence-corrected chi connectivity index (χ1v) is 5.10. The molecule has 0 spiro atoms. The maximum absolute atomic E-state index is 4.30. The molecule has 2 nitrogen and oxygen atoms in total. The summed E-state index contributed by atoms with van der Waals surface area (Å²) in [5.41, 5.74) is 2.99. The molecule has 3 heteroatoms. The van der Waals surface area contributed by atoms with Gasteiger partial charge in [-0.1, -0.05) is 6.07 Å². The second kappa shape index (κ2) is 3.88. The lowest BCUT2D eigenvalue weighted by Crippen LogP contribution is -1.89. The second-order valence-corrected chi connectivity index (χ2v) is 3.95. The van der Waals surface area contributed by atoms with Crippen molar-refractivity contribution in [2.75, 3.05) is 0 Å². The normalized spacial score (nSPS) is 10.1. The van der Waals surface area contributed by atoms with E-state index in [1.807, 2.05) is 31.2 Å². The highest BCUT2D eigenvalue weighted by molar-refractivity contribution is 9.10. The molecule has 0 aliphatic carbocycles. The Bertz CT molecular complexity index is 437. The van der Waals surface area contributed by atoms with E-state index >= 15 is 0 Å². The summed E-state index contributed by atoms with van der Waals surface area (Å²) >= 11 is 3.35. The number of halogens is 1. The van der Waals surface area contributed by atoms with Gasteiger partial charge in [0.05, 0.1) is 11.4 Å². The zero-order chi connectivity index (χ0) is 9.97. The second-order valence-electron chi connectivity index (χ2n) is 3.03. The van der Waals surface area contributed by atoms with Crippen LogP contribution in [0.1, 0.15) is 5.56 Å². The highest BCUT2D eigenvalue weighted by atomic mass is 79.9. The van der Waals surface area contributed by atoms with Crippen LogP contribution in [0, 0.1) is 6.92 Å². The van der Waals surface area contributed by atoms with Crippen LogP contribution >= 0.6 is 15.9 Å². The van der Waals surface area contributed by atoms with Crippen molar-refractivity contribution < 1.29 is 0 Å². The van der Waals surface area contributed by atoms with E-state index in [1.165, 1.54) is 0 Å². The maximum atomic E-state index is 4.30. The Hall–Kier alpha value is -1.22. The van der Waals surface area contributed by atoms with Gasteiger partial charge in [0.2, 0.25) is 0 Å². The minimum absolute atomic E-state index is 0.909. The van der Waals surface area contributed by atoms with Gasteiger partial charge < -0.3 is 0 Å². The number of hydrogen-bond acceptors (Lipinski definition) is 2. The summed E-state index contributed by atoms with van der Waals surface area (Å²) in [6.07, 6.45) is 3.56. The monoisotopic (exact) mass is 248 g/mol. The first kappa shape index (κ1) is 9.34. The van der Waals surface area contributed by atoms with Crippen molar-refractivity contribution >= 4 is 15.9 Å². The number of nitrogens with zero attached hydrogens (tertiary/aromatic N) is 2. The van der Waals surface area contributed by atoms with Crippen LogP contribution in [0.15, 0.2) is 41.1 Å². The van der Waals surface area contributed by atoms with Crippen LogP contribution in [0.3, 0.4) is 0 Å². The zero-order valence-corrected chi connectivity index (χ0v) is 9.32. The van der Waals surface area contributed by atoms with Crippen LogP contribution < -0.4 is 0 Å². The molecule has 14 heavy (non-hydrogen) atoms. The maximum Gasteiger partial charge on any atom is 0.0915 e. The van der Waals surface area contributed by atoms with Crippen LogP contribution in [0.25, 0.3) is 11.4 Å². The van der Waals surface area contributed by atoms with Gasteiger partial charge >= 0.3 is 0 Å². The highest BCUT2D eigenvalue weighted by Crippen LogP contribution is 2.19. The molecule has 0 aliphatic rings. The summed E-state index contributed by atoms with van der Waals surface area (Å²) in [7, 11) is 0. The van der Waals surface area contributed by atoms with Gasteiger partial charge in [0.25, 0.3) is 0 Å². The number of rotatable bonds is 1. The minimum atomic E-state index is 0.909. The molecule has 0 unspecified atom stereocenters. The van der Waals surface area contributed by atoms with Crippen molar-refractivity contribution in [1.29, 1.82) is 0 Å². The highest BCUT2D eigenvalue weighted by Gasteiger charge is 2.02. The van der Waals surface area contributed by atoms with Crippen LogP contribution in [0.5, 0.6) is 0 Å². The summed E-state index contributed by atoms with van der Waals surface area (Å²) in [6.45, 7) is 2.03. The predicted molar refractivity (Wildman–Crippen MR) is 59.9 cm³/mol. The van der Waals surface area contributed by atoms with E-state index in [1.54, 1.807) is 12.4 Å². The van der Waals surface area contributed by atoms with Crippen LogP contribution in [-0.4, -0.2) is 9.97 Å². The minimum Gasteiger partial charge on any atom is -0.254 e. The van der Waals surface area contributed by atoms with Crippen molar-refractivity contribution in [1.82, 2.24) is 9.97 Å². The largest absolute Gasteiger partial charge is 0.254 e. The number of aryl methyl sites for hydroxylation is 1. The van der Waals surface area contributed by atoms with Crippen LogP contribution in [-0.2, 0) is 0 Å². The van der Waals surface area contributed by atoms with Gasteiger partial charge in [0.1, 0.15) is 0 Å². The summed E-state index contributed by atoms with van der Waals surface area (Å²) in [5.74, 6) is 0. The van der Waals surface area contributed by atoms with Gasteiger partial charge in [-0.25, -0.2) is 0 Å². The smallest absolute Gasteiger partial charge is 0.0915 e. The first-order chi connectivity index (χ1) is 6.77. The van der Waals surface area contributed by atoms with E-state index in [4.69, 9.17) is 0 Å². The molecule has 0 N–H and O–H groups in total. The summed E-state index contributed by atoms with van der Waals surface area (Å²) < 4.78 is 0.981. The van der Waals surface area contributed by atoms with Gasteiger partial charge in [0.15, 0.2) is 0 Å². The molecule has 0 saturated carbocycles. The molecule has 0 radical (unpaired) electrons. The fourth-order valence-electron chi connectivity index (χ4n) is 1.27. The Morgan fingerprint density at radius 3 is 2.64 bits per heavy atom. The molecule has 0 fully saturated rings. The summed E-state index contributed by atoms with van der Waals surface area (Å²) in [4.78, 5) is 8.60. The molecule has 0 saturated heterocycles. The Kier molecular flexibility index (Phi) is 2.59. The van der Waals surface area contributed by atoms with E-state index in [9.17, 15) is 0 Å². The zero-order valence-electron chi connectivity index (χ0n) is 7.74. The molecule has 2 rings (SSSR count). The Balaban J connectivity index is 2.50. The van der Waals surface area contributed by atoms with Crippen molar-refractivity contribution in [3.63, 3.8) is 0 Å². The van der Waals surface area contributed by atoms with Crippen molar-refractivity contribution in [3.8, 4) is 11.4 Å².